The SMILES string of the molecule is CN.Cc1ccc(C(=O)NC(C)(C)C(=O)NCCC23CCC4C(CCC5C4(C)CCC4C(C)C(CC(=O)C6CC(C(=O)O)C6C)CCC45C)C2=C(C(C)C)C(=O)C3)cc1. The molecule has 0 heterocycles. The van der Waals surface area contributed by atoms with E-state index in [1.807, 2.05) is 26.0 Å². The Hall–Kier alpha value is -3.33. The van der Waals surface area contributed by atoms with Gasteiger partial charge < -0.3 is 21.5 Å². The number of carbonyl (C=O) groups is 5. The second-order valence-corrected chi connectivity index (χ2v) is 21.3. The quantitative estimate of drug-likeness (QED) is 0.174. The van der Waals surface area contributed by atoms with Gasteiger partial charge in [-0.1, -0.05) is 64.8 Å². The Morgan fingerprint density at radius 1 is 0.881 bits per heavy atom. The van der Waals surface area contributed by atoms with Gasteiger partial charge in [0.1, 0.15) is 11.3 Å². The van der Waals surface area contributed by atoms with Crippen LogP contribution in [0.25, 0.3) is 0 Å². The van der Waals surface area contributed by atoms with Gasteiger partial charge in [0.25, 0.3) is 5.91 Å². The molecule has 0 aromatic heterocycles. The van der Waals surface area contributed by atoms with Crippen molar-refractivity contribution in [3.05, 3.63) is 46.5 Å². The lowest BCUT2D eigenvalue weighted by atomic mass is 9.37. The fourth-order valence-corrected chi connectivity index (χ4v) is 14.4. The lowest BCUT2D eigenvalue weighted by molar-refractivity contribution is -0.172. The number of ketones is 2. The molecule has 5 saturated carbocycles. The summed E-state index contributed by atoms with van der Waals surface area (Å²) >= 11 is 0. The number of nitrogens with one attached hydrogen (secondary N) is 2. The second-order valence-electron chi connectivity index (χ2n) is 21.3. The average Bonchev–Trinajstić information content (AvgIpc) is 3.48. The first-order chi connectivity index (χ1) is 27.7. The minimum atomic E-state index is -1.10. The number of carboxylic acids is 1. The third-order valence-electron chi connectivity index (χ3n) is 17.7. The van der Waals surface area contributed by atoms with E-state index in [9.17, 15) is 29.1 Å². The van der Waals surface area contributed by atoms with Gasteiger partial charge in [-0.2, -0.15) is 0 Å². The first-order valence-electron chi connectivity index (χ1n) is 23.0. The first kappa shape index (κ1) is 45.2. The van der Waals surface area contributed by atoms with Gasteiger partial charge in [0, 0.05) is 36.3 Å². The maximum Gasteiger partial charge on any atom is 0.306 e. The van der Waals surface area contributed by atoms with Crippen molar-refractivity contribution in [1.82, 2.24) is 10.6 Å². The van der Waals surface area contributed by atoms with Gasteiger partial charge >= 0.3 is 5.97 Å². The Labute approximate surface area is 354 Å². The van der Waals surface area contributed by atoms with Crippen molar-refractivity contribution >= 4 is 29.4 Å². The monoisotopic (exact) mass is 814 g/mol. The van der Waals surface area contributed by atoms with E-state index < -0.39 is 11.5 Å². The summed E-state index contributed by atoms with van der Waals surface area (Å²) in [6, 6.07) is 7.34. The summed E-state index contributed by atoms with van der Waals surface area (Å²) in [6.07, 6.45) is 11.3. The number of benzene rings is 1. The van der Waals surface area contributed by atoms with E-state index in [1.165, 1.54) is 31.9 Å². The van der Waals surface area contributed by atoms with E-state index in [2.05, 4.69) is 51.0 Å². The van der Waals surface area contributed by atoms with Gasteiger partial charge in [-0.05, 0) is 168 Å². The van der Waals surface area contributed by atoms with E-state index >= 15 is 0 Å². The van der Waals surface area contributed by atoms with E-state index in [0.29, 0.717) is 78.4 Å². The number of hydrogen-bond acceptors (Lipinski definition) is 6. The Morgan fingerprint density at radius 2 is 1.51 bits per heavy atom. The van der Waals surface area contributed by atoms with Crippen molar-refractivity contribution in [3.8, 4) is 0 Å². The Bertz CT molecular complexity index is 1830. The zero-order chi connectivity index (χ0) is 43.4. The molecule has 2 amide bonds. The van der Waals surface area contributed by atoms with E-state index in [4.69, 9.17) is 0 Å². The zero-order valence-electron chi connectivity index (χ0n) is 37.8. The van der Waals surface area contributed by atoms with Crippen LogP contribution in [-0.2, 0) is 19.2 Å². The van der Waals surface area contributed by atoms with Gasteiger partial charge in [0.05, 0.1) is 5.92 Å². The molecule has 326 valence electrons. The summed E-state index contributed by atoms with van der Waals surface area (Å²) in [5, 5.41) is 15.6. The molecule has 12 unspecified atom stereocenters. The molecule has 59 heavy (non-hydrogen) atoms. The predicted octanol–water partition coefficient (Wildman–Crippen LogP) is 8.72. The highest BCUT2D eigenvalue weighted by atomic mass is 16.4. The molecule has 9 nitrogen and oxygen atoms in total. The molecule has 6 aliphatic rings. The maximum atomic E-state index is 14.0. The number of carboxylic acid groups (broad SMARTS) is 1. The fraction of sp³-hybridized carbons (Fsp3) is 0.740. The molecular weight excluding hydrogens is 739 g/mol. The number of nitrogens with two attached hydrogens (primary N) is 1. The van der Waals surface area contributed by atoms with Crippen molar-refractivity contribution in [2.24, 2.45) is 81.2 Å². The zero-order valence-corrected chi connectivity index (χ0v) is 37.8. The molecule has 1 aromatic rings. The van der Waals surface area contributed by atoms with E-state index in [1.54, 1.807) is 26.0 Å². The summed E-state index contributed by atoms with van der Waals surface area (Å²) in [5.74, 6) is 1.92. The lowest BCUT2D eigenvalue weighted by Crippen LogP contribution is -2.60. The largest absolute Gasteiger partial charge is 0.481 e. The Kier molecular flexibility index (Phi) is 12.9. The number of fused-ring (bicyclic) bond motifs is 7. The molecule has 1 aromatic carbocycles. The highest BCUT2D eigenvalue weighted by Crippen LogP contribution is 2.72. The van der Waals surface area contributed by atoms with Crippen LogP contribution < -0.4 is 16.4 Å². The average molecular weight is 814 g/mol. The van der Waals surface area contributed by atoms with Gasteiger partial charge in [0.15, 0.2) is 5.78 Å². The molecule has 0 bridgehead atoms. The lowest BCUT2D eigenvalue weighted by Gasteiger charge is -2.67. The molecular formula is C50H75N3O6. The van der Waals surface area contributed by atoms with E-state index in [-0.39, 0.29) is 51.7 Å². The summed E-state index contributed by atoms with van der Waals surface area (Å²) < 4.78 is 0. The highest BCUT2D eigenvalue weighted by molar-refractivity contribution is 6.01. The van der Waals surface area contributed by atoms with Crippen LogP contribution in [0.3, 0.4) is 0 Å². The summed E-state index contributed by atoms with van der Waals surface area (Å²) in [5.41, 5.74) is 7.66. The second kappa shape index (κ2) is 16.9. The van der Waals surface area contributed by atoms with Crippen LogP contribution in [0.2, 0.25) is 0 Å². The number of allylic oxidation sites excluding steroid dienone is 2. The summed E-state index contributed by atoms with van der Waals surface area (Å²) in [7, 11) is 1.50. The molecule has 9 heteroatoms. The smallest absolute Gasteiger partial charge is 0.306 e. The van der Waals surface area contributed by atoms with Gasteiger partial charge in [-0.25, -0.2) is 0 Å². The number of carbonyl (C=O) groups excluding carboxylic acids is 4. The van der Waals surface area contributed by atoms with Crippen molar-refractivity contribution < 1.29 is 29.1 Å². The Morgan fingerprint density at radius 3 is 2.14 bits per heavy atom. The van der Waals surface area contributed by atoms with Crippen LogP contribution in [-0.4, -0.2) is 53.6 Å². The van der Waals surface area contributed by atoms with Crippen LogP contribution in [0.1, 0.15) is 148 Å². The molecule has 0 saturated heterocycles. The third kappa shape index (κ3) is 7.89. The van der Waals surface area contributed by atoms with Gasteiger partial charge in [0.2, 0.25) is 5.91 Å². The maximum absolute atomic E-state index is 14.0. The minimum Gasteiger partial charge on any atom is -0.481 e. The van der Waals surface area contributed by atoms with Crippen LogP contribution in [0.5, 0.6) is 0 Å². The van der Waals surface area contributed by atoms with Crippen LogP contribution in [0.15, 0.2) is 35.4 Å². The molecule has 0 aliphatic heterocycles. The van der Waals surface area contributed by atoms with Crippen LogP contribution in [0.4, 0.5) is 0 Å². The van der Waals surface area contributed by atoms with Crippen LogP contribution in [0, 0.1) is 82.3 Å². The number of Topliss-reactive ketones (excluding diaryl/α,β-unsaturated/α-hetero) is 2. The van der Waals surface area contributed by atoms with Crippen molar-refractivity contribution in [2.45, 2.75) is 145 Å². The fourth-order valence-electron chi connectivity index (χ4n) is 14.4. The molecule has 5 N–H and O–H groups in total. The highest BCUT2D eigenvalue weighted by Gasteiger charge is 2.65. The predicted molar refractivity (Wildman–Crippen MR) is 232 cm³/mol. The molecule has 12 atom stereocenters. The van der Waals surface area contributed by atoms with Gasteiger partial charge in [-0.15, -0.1) is 0 Å². The van der Waals surface area contributed by atoms with Crippen molar-refractivity contribution in [3.63, 3.8) is 0 Å². The first-order valence-corrected chi connectivity index (χ1v) is 23.0. The van der Waals surface area contributed by atoms with Crippen LogP contribution >= 0.6 is 0 Å². The number of amides is 2. The molecule has 0 radical (unpaired) electrons. The molecule has 0 spiro atoms. The number of hydrogen-bond donors (Lipinski definition) is 4. The topological polar surface area (TPSA) is 156 Å². The molecule has 7 rings (SSSR count). The summed E-state index contributed by atoms with van der Waals surface area (Å²) in [6.45, 7) is 19.8. The molecule has 5 fully saturated rings. The third-order valence-corrected chi connectivity index (χ3v) is 17.7. The normalized spacial score (nSPS) is 37.4. The number of aliphatic carboxylic acids is 1. The number of aryl methyl sites for hydroxylation is 1. The Balaban J connectivity index is 0.00000288. The summed E-state index contributed by atoms with van der Waals surface area (Å²) in [4.78, 5) is 65.7. The number of rotatable bonds is 11. The van der Waals surface area contributed by atoms with Crippen molar-refractivity contribution in [2.75, 3.05) is 13.6 Å². The standard InChI is InChI=1S/C49H70N2O6.CH5N/c1-27(2)41-39(53)26-49(22-23-50-45(57)46(6,7)51-43(54)31-12-10-28(3)11-13-31)21-18-37-33(42(41)49)14-15-40-47(8)19-16-32(29(4)36(47)17-20-48(37,40)9)24-38(52)34-25-35(30(34)5)44(55)56;1-2/h10-13,27,29-30,32-37,40H,14-26H2,1-9H3,(H,50,57)(H,51,54)(H,55,56);2H2,1H3. The molecule has 6 aliphatic carbocycles. The minimum absolute atomic E-state index is 0.0599. The van der Waals surface area contributed by atoms with Crippen molar-refractivity contribution in [1.29, 1.82) is 0 Å². The van der Waals surface area contributed by atoms with Gasteiger partial charge in [-0.3, -0.25) is 24.0 Å². The van der Waals surface area contributed by atoms with E-state index in [0.717, 1.165) is 49.7 Å².